The zero-order chi connectivity index (χ0) is 27.5. The highest BCUT2D eigenvalue weighted by Crippen LogP contribution is 2.38. The SMILES string of the molecule is CN1CCN(C(=O)c2ccc(COc3ccc4c(c3)C(c3ccccc3)N(C(=O)c3ccccc3)CC4)o2)CC1. The van der Waals surface area contributed by atoms with Crippen LogP contribution in [0, 0.1) is 0 Å². The van der Waals surface area contributed by atoms with Crippen LogP contribution in [0.15, 0.2) is 95.4 Å². The van der Waals surface area contributed by atoms with Gasteiger partial charge < -0.3 is 23.9 Å². The van der Waals surface area contributed by atoms with Crippen LogP contribution >= 0.6 is 0 Å². The lowest BCUT2D eigenvalue weighted by atomic mass is 9.87. The third kappa shape index (κ3) is 5.38. The third-order valence-corrected chi connectivity index (χ3v) is 7.79. The van der Waals surface area contributed by atoms with Crippen LogP contribution in [0.1, 0.15) is 49.4 Å². The number of fused-ring (bicyclic) bond motifs is 1. The summed E-state index contributed by atoms with van der Waals surface area (Å²) in [5, 5.41) is 0. The fraction of sp³-hybridized carbons (Fsp3) is 0.273. The number of carbonyl (C=O) groups excluding carboxylic acids is 2. The Balaban J connectivity index is 1.21. The van der Waals surface area contributed by atoms with E-state index < -0.39 is 0 Å². The molecule has 0 N–H and O–H groups in total. The van der Waals surface area contributed by atoms with E-state index in [1.807, 2.05) is 70.5 Å². The number of nitrogens with zero attached hydrogens (tertiary/aromatic N) is 3. The highest BCUT2D eigenvalue weighted by atomic mass is 16.5. The highest BCUT2D eigenvalue weighted by molar-refractivity contribution is 5.95. The number of hydrogen-bond acceptors (Lipinski definition) is 5. The molecule has 0 radical (unpaired) electrons. The Morgan fingerprint density at radius 3 is 2.30 bits per heavy atom. The first kappa shape index (κ1) is 25.9. The molecule has 3 heterocycles. The Hall–Kier alpha value is -4.36. The average Bonchev–Trinajstić information content (AvgIpc) is 3.49. The second kappa shape index (κ2) is 11.4. The summed E-state index contributed by atoms with van der Waals surface area (Å²) in [4.78, 5) is 32.5. The minimum atomic E-state index is -0.224. The summed E-state index contributed by atoms with van der Waals surface area (Å²) in [7, 11) is 2.06. The van der Waals surface area contributed by atoms with Crippen molar-refractivity contribution in [2.75, 3.05) is 39.8 Å². The number of likely N-dealkylation sites (N-methyl/N-ethyl adjacent to an activating group) is 1. The van der Waals surface area contributed by atoms with E-state index in [9.17, 15) is 9.59 Å². The van der Waals surface area contributed by atoms with Gasteiger partial charge in [0.25, 0.3) is 11.8 Å². The van der Waals surface area contributed by atoms with Crippen LogP contribution in [0.2, 0.25) is 0 Å². The van der Waals surface area contributed by atoms with E-state index in [1.165, 1.54) is 5.56 Å². The zero-order valence-electron chi connectivity index (χ0n) is 22.7. The Labute approximate surface area is 234 Å². The molecule has 1 atom stereocenters. The molecule has 2 aliphatic heterocycles. The lowest BCUT2D eigenvalue weighted by molar-refractivity contribution is 0.0628. The maximum Gasteiger partial charge on any atom is 0.289 e. The Morgan fingerprint density at radius 1 is 0.825 bits per heavy atom. The van der Waals surface area contributed by atoms with E-state index in [0.29, 0.717) is 42.5 Å². The van der Waals surface area contributed by atoms with Crippen LogP contribution in [0.4, 0.5) is 0 Å². The minimum absolute atomic E-state index is 0.0135. The van der Waals surface area contributed by atoms with Crippen molar-refractivity contribution in [3.8, 4) is 5.75 Å². The summed E-state index contributed by atoms with van der Waals surface area (Å²) in [5.41, 5.74) is 4.00. The molecule has 40 heavy (non-hydrogen) atoms. The second-order valence-electron chi connectivity index (χ2n) is 10.4. The second-order valence-corrected chi connectivity index (χ2v) is 10.4. The fourth-order valence-electron chi connectivity index (χ4n) is 5.53. The number of ether oxygens (including phenoxy) is 1. The van der Waals surface area contributed by atoms with Gasteiger partial charge in [0.15, 0.2) is 5.76 Å². The van der Waals surface area contributed by atoms with Crippen molar-refractivity contribution in [1.82, 2.24) is 14.7 Å². The van der Waals surface area contributed by atoms with Crippen molar-refractivity contribution >= 4 is 11.8 Å². The maximum absolute atomic E-state index is 13.6. The van der Waals surface area contributed by atoms with Gasteiger partial charge in [0.05, 0.1) is 6.04 Å². The molecule has 7 heteroatoms. The number of furan rings is 1. The van der Waals surface area contributed by atoms with Crippen molar-refractivity contribution in [1.29, 1.82) is 0 Å². The first-order valence-corrected chi connectivity index (χ1v) is 13.8. The van der Waals surface area contributed by atoms with Gasteiger partial charge in [-0.25, -0.2) is 0 Å². The minimum Gasteiger partial charge on any atom is -0.486 e. The van der Waals surface area contributed by atoms with Gasteiger partial charge in [0.1, 0.15) is 18.1 Å². The molecule has 0 aliphatic carbocycles. The number of hydrogen-bond donors (Lipinski definition) is 0. The predicted octanol–water partition coefficient (Wildman–Crippen LogP) is 5.03. The van der Waals surface area contributed by atoms with Gasteiger partial charge in [0.2, 0.25) is 0 Å². The lowest BCUT2D eigenvalue weighted by Crippen LogP contribution is -2.47. The van der Waals surface area contributed by atoms with E-state index in [0.717, 1.165) is 30.6 Å². The Kier molecular flexibility index (Phi) is 7.38. The molecule has 4 aromatic rings. The predicted molar refractivity (Wildman–Crippen MR) is 152 cm³/mol. The topological polar surface area (TPSA) is 66.2 Å². The van der Waals surface area contributed by atoms with Crippen LogP contribution in [-0.2, 0) is 13.0 Å². The molecule has 2 amide bonds. The van der Waals surface area contributed by atoms with Crippen molar-refractivity contribution in [2.24, 2.45) is 0 Å². The summed E-state index contributed by atoms with van der Waals surface area (Å²) in [6, 6.07) is 29.0. The molecule has 204 valence electrons. The molecule has 0 saturated carbocycles. The van der Waals surface area contributed by atoms with Crippen LogP contribution in [0.3, 0.4) is 0 Å². The molecule has 7 nitrogen and oxygen atoms in total. The van der Waals surface area contributed by atoms with Crippen molar-refractivity contribution in [3.63, 3.8) is 0 Å². The molecule has 2 aliphatic rings. The van der Waals surface area contributed by atoms with Gasteiger partial charge in [-0.2, -0.15) is 0 Å². The standard InChI is InChI=1S/C33H33N3O4/c1-34-18-20-35(21-19-34)33(38)30-15-14-28(40-30)23-39-27-13-12-24-16-17-36(32(37)26-10-6-3-7-11-26)31(29(24)22-27)25-8-4-2-5-9-25/h2-15,22,31H,16-21,23H2,1H3. The zero-order valence-corrected chi connectivity index (χ0v) is 22.7. The molecule has 1 aromatic heterocycles. The van der Waals surface area contributed by atoms with Gasteiger partial charge >= 0.3 is 0 Å². The van der Waals surface area contributed by atoms with E-state index in [1.54, 1.807) is 12.1 Å². The van der Waals surface area contributed by atoms with Gasteiger partial charge in [-0.05, 0) is 66.6 Å². The van der Waals surface area contributed by atoms with Gasteiger partial charge in [0, 0.05) is 38.3 Å². The fourth-order valence-corrected chi connectivity index (χ4v) is 5.53. The lowest BCUT2D eigenvalue weighted by Gasteiger charge is -2.38. The normalized spacial score (nSPS) is 17.4. The number of piperazine rings is 1. The third-order valence-electron chi connectivity index (χ3n) is 7.79. The van der Waals surface area contributed by atoms with Gasteiger partial charge in [-0.3, -0.25) is 9.59 Å². The molecule has 1 fully saturated rings. The van der Waals surface area contributed by atoms with Gasteiger partial charge in [-0.15, -0.1) is 0 Å². The van der Waals surface area contributed by atoms with Gasteiger partial charge in [-0.1, -0.05) is 54.6 Å². The molecular formula is C33H33N3O4. The molecule has 0 bridgehead atoms. The number of amides is 2. The summed E-state index contributed by atoms with van der Waals surface area (Å²) < 4.78 is 12.0. The van der Waals surface area contributed by atoms with Crippen molar-refractivity contribution in [3.05, 3.63) is 125 Å². The quantitative estimate of drug-likeness (QED) is 0.346. The smallest absolute Gasteiger partial charge is 0.289 e. The monoisotopic (exact) mass is 535 g/mol. The number of rotatable bonds is 6. The summed E-state index contributed by atoms with van der Waals surface area (Å²) in [5.74, 6) is 1.56. The first-order chi connectivity index (χ1) is 19.6. The molecule has 1 saturated heterocycles. The molecular weight excluding hydrogens is 502 g/mol. The van der Waals surface area contributed by atoms with E-state index in [-0.39, 0.29) is 24.5 Å². The van der Waals surface area contributed by atoms with Crippen LogP contribution in [0.5, 0.6) is 5.75 Å². The first-order valence-electron chi connectivity index (χ1n) is 13.8. The van der Waals surface area contributed by atoms with Crippen LogP contribution in [0.25, 0.3) is 0 Å². The summed E-state index contributed by atoms with van der Waals surface area (Å²) in [6.45, 7) is 3.96. The van der Waals surface area contributed by atoms with E-state index in [2.05, 4.69) is 30.1 Å². The molecule has 1 unspecified atom stereocenters. The number of benzene rings is 3. The Bertz CT molecular complexity index is 1480. The van der Waals surface area contributed by atoms with E-state index in [4.69, 9.17) is 9.15 Å². The highest BCUT2D eigenvalue weighted by Gasteiger charge is 2.33. The maximum atomic E-state index is 13.6. The van der Waals surface area contributed by atoms with Crippen LogP contribution < -0.4 is 4.74 Å². The molecule has 6 rings (SSSR count). The van der Waals surface area contributed by atoms with E-state index >= 15 is 0 Å². The Morgan fingerprint density at radius 2 is 1.55 bits per heavy atom. The summed E-state index contributed by atoms with van der Waals surface area (Å²) >= 11 is 0. The van der Waals surface area contributed by atoms with Crippen molar-refractivity contribution < 1.29 is 18.7 Å². The number of carbonyl (C=O) groups is 2. The molecule has 3 aromatic carbocycles. The summed E-state index contributed by atoms with van der Waals surface area (Å²) in [6.07, 6.45) is 0.771. The average molecular weight is 536 g/mol. The van der Waals surface area contributed by atoms with Crippen molar-refractivity contribution in [2.45, 2.75) is 19.1 Å². The largest absolute Gasteiger partial charge is 0.486 e. The van der Waals surface area contributed by atoms with Crippen LogP contribution in [-0.4, -0.2) is 66.3 Å². The molecule has 0 spiro atoms.